The molecule has 0 amide bonds. The molecule has 0 saturated carbocycles. The summed E-state index contributed by atoms with van der Waals surface area (Å²) in [6.45, 7) is 4.68. The largest absolute Gasteiger partial charge is 0.469 e. The summed E-state index contributed by atoms with van der Waals surface area (Å²) in [6.07, 6.45) is 34.7. The molecule has 1 saturated heterocycles. The average Bonchev–Trinajstić information content (AvgIpc) is 3.89. The van der Waals surface area contributed by atoms with Gasteiger partial charge in [-0.15, -0.1) is 0 Å². The molecular formula is C41H78O9. The predicted molar refractivity (Wildman–Crippen MR) is 204 cm³/mol. The molecule has 4 atom stereocenters. The van der Waals surface area contributed by atoms with Crippen molar-refractivity contribution in [1.29, 1.82) is 0 Å². The molecule has 3 N–H and O–H groups in total. The highest BCUT2D eigenvalue weighted by atomic mass is 16.6. The normalized spacial score (nSPS) is 16.3. The molecule has 9 heteroatoms. The van der Waals surface area contributed by atoms with E-state index in [0.717, 1.165) is 90.6 Å². The Morgan fingerprint density at radius 2 is 1.20 bits per heavy atom. The maximum atomic E-state index is 11.0. The first kappa shape index (κ1) is 50.3. The van der Waals surface area contributed by atoms with E-state index in [2.05, 4.69) is 41.5 Å². The van der Waals surface area contributed by atoms with E-state index in [4.69, 9.17) is 19.7 Å². The van der Waals surface area contributed by atoms with Gasteiger partial charge in [0.15, 0.2) is 0 Å². The molecule has 1 aliphatic heterocycles. The summed E-state index contributed by atoms with van der Waals surface area (Å²) in [7, 11) is 3.88. The smallest absolute Gasteiger partial charge is 0.305 e. The number of aliphatic hydroxyl groups is 3. The Morgan fingerprint density at radius 3 is 1.74 bits per heavy atom. The van der Waals surface area contributed by atoms with E-state index in [1.165, 1.54) is 65.6 Å². The van der Waals surface area contributed by atoms with E-state index >= 15 is 0 Å². The van der Waals surface area contributed by atoms with Crippen LogP contribution in [0.4, 0.5) is 0 Å². The Bertz CT molecular complexity index is 786. The van der Waals surface area contributed by atoms with Gasteiger partial charge in [0, 0.05) is 20.0 Å². The summed E-state index contributed by atoms with van der Waals surface area (Å²) in [5.41, 5.74) is 0. The highest BCUT2D eigenvalue weighted by Crippen LogP contribution is 2.30. The number of epoxide rings is 1. The lowest BCUT2D eigenvalue weighted by atomic mass is 10.0. The Labute approximate surface area is 306 Å². The highest BCUT2D eigenvalue weighted by molar-refractivity contribution is 5.69. The van der Waals surface area contributed by atoms with E-state index in [1.807, 2.05) is 6.08 Å². The summed E-state index contributed by atoms with van der Waals surface area (Å²) >= 11 is 0. The molecule has 0 bridgehead atoms. The lowest BCUT2D eigenvalue weighted by Crippen LogP contribution is -2.29. The fourth-order valence-electron chi connectivity index (χ4n) is 5.60. The van der Waals surface area contributed by atoms with Gasteiger partial charge in [-0.3, -0.25) is 9.59 Å². The van der Waals surface area contributed by atoms with Crippen molar-refractivity contribution in [1.82, 2.24) is 0 Å². The molecule has 1 fully saturated rings. The van der Waals surface area contributed by atoms with Gasteiger partial charge in [0.2, 0.25) is 0 Å². The van der Waals surface area contributed by atoms with Crippen LogP contribution in [0.3, 0.4) is 0 Å². The van der Waals surface area contributed by atoms with Crippen LogP contribution in [0.25, 0.3) is 0 Å². The average molecular weight is 715 g/mol. The monoisotopic (exact) mass is 715 g/mol. The molecule has 0 aliphatic carbocycles. The van der Waals surface area contributed by atoms with Crippen LogP contribution in [0.1, 0.15) is 168 Å². The Hall–Kier alpha value is -1.78. The first-order valence-corrected chi connectivity index (χ1v) is 19.9. The molecule has 9 nitrogen and oxygen atoms in total. The summed E-state index contributed by atoms with van der Waals surface area (Å²) in [6, 6.07) is 0. The van der Waals surface area contributed by atoms with Crippen LogP contribution in [-0.2, 0) is 28.5 Å². The van der Waals surface area contributed by atoms with Crippen LogP contribution in [0.2, 0.25) is 0 Å². The topological polar surface area (TPSA) is 135 Å². The fraction of sp³-hybridized carbons (Fsp3) is 0.854. The quantitative estimate of drug-likeness (QED) is 0.0270. The van der Waals surface area contributed by atoms with Crippen LogP contribution in [0, 0.1) is 0 Å². The minimum atomic E-state index is -0.507. The van der Waals surface area contributed by atoms with E-state index in [1.54, 1.807) is 0 Å². The molecule has 0 aromatic carbocycles. The second kappa shape index (κ2) is 40.0. The second-order valence-electron chi connectivity index (χ2n) is 13.1. The third-order valence-electron chi connectivity index (χ3n) is 8.76. The van der Waals surface area contributed by atoms with Gasteiger partial charge in [-0.25, -0.2) is 0 Å². The molecule has 1 rings (SSSR count). The van der Waals surface area contributed by atoms with Gasteiger partial charge in [-0.2, -0.15) is 0 Å². The Morgan fingerprint density at radius 1 is 0.680 bits per heavy atom. The summed E-state index contributed by atoms with van der Waals surface area (Å²) in [5, 5.41) is 26.2. The SMILES string of the molecule is CCCCCC(OCCO)C(O)C/C=C\CCCCCCCC(=O)OC.CCCCC[C@H]1O[C@H]1C/C=C\CCCCCCCC(=O)OC.CO. The molecule has 0 aromatic heterocycles. The van der Waals surface area contributed by atoms with Crippen molar-refractivity contribution in [3.05, 3.63) is 24.3 Å². The van der Waals surface area contributed by atoms with Gasteiger partial charge in [0.25, 0.3) is 0 Å². The number of rotatable bonds is 32. The number of aliphatic hydroxyl groups excluding tert-OH is 3. The first-order valence-electron chi connectivity index (χ1n) is 19.9. The Balaban J connectivity index is 0. The molecule has 50 heavy (non-hydrogen) atoms. The third kappa shape index (κ3) is 34.7. The summed E-state index contributed by atoms with van der Waals surface area (Å²) < 4.78 is 20.5. The van der Waals surface area contributed by atoms with Gasteiger partial charge in [0.1, 0.15) is 0 Å². The van der Waals surface area contributed by atoms with Crippen molar-refractivity contribution < 1.29 is 43.9 Å². The first-order chi connectivity index (χ1) is 24.4. The van der Waals surface area contributed by atoms with Gasteiger partial charge in [-0.1, -0.05) is 115 Å². The van der Waals surface area contributed by atoms with Gasteiger partial charge >= 0.3 is 11.9 Å². The molecule has 2 unspecified atom stereocenters. The predicted octanol–water partition coefficient (Wildman–Crippen LogP) is 8.95. The number of carbonyl (C=O) groups is 2. The maximum Gasteiger partial charge on any atom is 0.305 e. The van der Waals surface area contributed by atoms with Crippen LogP contribution >= 0.6 is 0 Å². The van der Waals surface area contributed by atoms with Crippen molar-refractivity contribution in [2.24, 2.45) is 0 Å². The van der Waals surface area contributed by atoms with Crippen molar-refractivity contribution in [3.8, 4) is 0 Å². The number of esters is 2. The molecule has 296 valence electrons. The Kier molecular flexibility index (Phi) is 40.3. The fourth-order valence-corrected chi connectivity index (χ4v) is 5.60. The van der Waals surface area contributed by atoms with Crippen LogP contribution in [0.5, 0.6) is 0 Å². The minimum absolute atomic E-state index is 0.00747. The van der Waals surface area contributed by atoms with E-state index in [0.29, 0.717) is 31.5 Å². The van der Waals surface area contributed by atoms with Gasteiger partial charge < -0.3 is 34.3 Å². The van der Waals surface area contributed by atoms with Crippen LogP contribution < -0.4 is 0 Å². The zero-order chi connectivity index (χ0) is 37.5. The van der Waals surface area contributed by atoms with Gasteiger partial charge in [0.05, 0.1) is 51.8 Å². The zero-order valence-corrected chi connectivity index (χ0v) is 32.8. The van der Waals surface area contributed by atoms with E-state index < -0.39 is 6.10 Å². The van der Waals surface area contributed by atoms with Crippen LogP contribution in [0.15, 0.2) is 24.3 Å². The second-order valence-corrected chi connectivity index (χ2v) is 13.1. The van der Waals surface area contributed by atoms with E-state index in [-0.39, 0.29) is 31.3 Å². The minimum Gasteiger partial charge on any atom is -0.469 e. The van der Waals surface area contributed by atoms with E-state index in [9.17, 15) is 14.7 Å². The molecule has 0 radical (unpaired) electrons. The highest BCUT2D eigenvalue weighted by Gasteiger charge is 2.36. The number of methoxy groups -OCH3 is 2. The number of hydrogen-bond acceptors (Lipinski definition) is 9. The molecular weight excluding hydrogens is 636 g/mol. The van der Waals surface area contributed by atoms with Crippen molar-refractivity contribution in [3.63, 3.8) is 0 Å². The lowest BCUT2D eigenvalue weighted by Gasteiger charge is -2.22. The van der Waals surface area contributed by atoms with Crippen molar-refractivity contribution in [2.75, 3.05) is 34.5 Å². The summed E-state index contributed by atoms with van der Waals surface area (Å²) in [5.74, 6) is -0.208. The third-order valence-corrected chi connectivity index (χ3v) is 8.76. The van der Waals surface area contributed by atoms with Gasteiger partial charge in [-0.05, 0) is 64.2 Å². The van der Waals surface area contributed by atoms with Crippen LogP contribution in [-0.4, -0.2) is 86.2 Å². The molecule has 1 aliphatic rings. The number of carbonyl (C=O) groups excluding carboxylic acids is 2. The maximum absolute atomic E-state index is 11.0. The summed E-state index contributed by atoms with van der Waals surface area (Å²) in [4.78, 5) is 21.9. The number of hydrogen-bond donors (Lipinski definition) is 3. The molecule has 1 heterocycles. The number of allylic oxidation sites excluding steroid dienone is 2. The molecule has 0 aromatic rings. The molecule has 0 spiro atoms. The van der Waals surface area contributed by atoms with Crippen molar-refractivity contribution in [2.45, 2.75) is 192 Å². The standard InChI is InChI=1S/C21H40O5.C19H34O3.CH4O/c1-3-4-11-15-20(26-18-17-22)19(23)14-12-9-7-5-6-8-10-13-16-21(24)25-2;1-3-4-11-14-17-18(22-17)15-12-9-7-5-6-8-10-13-16-19(20)21-2;1-2/h9,12,19-20,22-23H,3-8,10-11,13-18H2,1-2H3;9,12,17-18H,3-8,10-11,13-16H2,1-2H3;2H,1H3/b2*12-9-;/t;17-,18+;/m.1./s1. The van der Waals surface area contributed by atoms with Crippen molar-refractivity contribution >= 4 is 11.9 Å². The lowest BCUT2D eigenvalue weighted by molar-refractivity contribution is -0.141. The number of unbranched alkanes of at least 4 members (excludes halogenated alkanes) is 14. The zero-order valence-electron chi connectivity index (χ0n) is 32.8. The number of ether oxygens (including phenoxy) is 4.